The topological polar surface area (TPSA) is 68.8 Å². The number of carbonyl (C=O) groups excluding carboxylic acids is 1. The van der Waals surface area contributed by atoms with Crippen molar-refractivity contribution in [3.05, 3.63) is 12.7 Å². The van der Waals surface area contributed by atoms with Crippen LogP contribution in [0.15, 0.2) is 12.7 Å². The molecule has 1 amide bonds. The number of alkyl carbamates (subject to hydrolysis) is 1. The molecular weight excluding hydrogens is 296 g/mol. The van der Waals surface area contributed by atoms with Gasteiger partial charge in [0.2, 0.25) is 0 Å². The summed E-state index contributed by atoms with van der Waals surface area (Å²) in [5, 5.41) is 6.17. The van der Waals surface area contributed by atoms with Gasteiger partial charge in [-0.3, -0.25) is 0 Å². The van der Waals surface area contributed by atoms with E-state index < -0.39 is 5.60 Å². The van der Waals surface area contributed by atoms with E-state index in [0.717, 1.165) is 25.8 Å². The van der Waals surface area contributed by atoms with E-state index >= 15 is 0 Å². The Bertz CT molecular complexity index is 316. The van der Waals surface area contributed by atoms with Crippen molar-refractivity contribution in [3.63, 3.8) is 0 Å². The van der Waals surface area contributed by atoms with Gasteiger partial charge in [-0.2, -0.15) is 0 Å². The molecule has 0 aromatic carbocycles. The van der Waals surface area contributed by atoms with E-state index in [1.165, 1.54) is 0 Å². The van der Waals surface area contributed by atoms with Crippen molar-refractivity contribution in [2.75, 3.05) is 40.0 Å². The van der Waals surface area contributed by atoms with E-state index in [1.807, 2.05) is 26.8 Å². The summed E-state index contributed by atoms with van der Waals surface area (Å²) >= 11 is 0. The van der Waals surface area contributed by atoms with Crippen molar-refractivity contribution in [1.29, 1.82) is 0 Å². The van der Waals surface area contributed by atoms with Crippen molar-refractivity contribution < 1.29 is 19.0 Å². The van der Waals surface area contributed by atoms with E-state index in [9.17, 15) is 4.79 Å². The molecule has 0 aromatic heterocycles. The molecule has 6 nitrogen and oxygen atoms in total. The van der Waals surface area contributed by atoms with E-state index in [4.69, 9.17) is 14.2 Å². The molecule has 0 aromatic rings. The van der Waals surface area contributed by atoms with Gasteiger partial charge in [0.05, 0.1) is 19.8 Å². The molecule has 0 aliphatic heterocycles. The molecule has 0 saturated heterocycles. The van der Waals surface area contributed by atoms with Gasteiger partial charge in [0, 0.05) is 26.2 Å². The highest BCUT2D eigenvalue weighted by Crippen LogP contribution is 2.06. The minimum absolute atomic E-state index is 0.253. The second kappa shape index (κ2) is 13.3. The van der Waals surface area contributed by atoms with Crippen LogP contribution in [0.2, 0.25) is 0 Å². The standard InChI is InChI=1S/C17H34N2O4/c1-6-7-12-22-13-11-18-15(14-21-5)9-8-10-19-16(20)23-17(2,3)4/h6,15,18H,1,7-14H2,2-5H3,(H,19,20). The summed E-state index contributed by atoms with van der Waals surface area (Å²) in [6.07, 6.45) is 4.12. The van der Waals surface area contributed by atoms with E-state index in [2.05, 4.69) is 17.2 Å². The number of hydrogen-bond acceptors (Lipinski definition) is 5. The first-order chi connectivity index (χ1) is 10.9. The summed E-state index contributed by atoms with van der Waals surface area (Å²) in [6, 6.07) is 0.253. The summed E-state index contributed by atoms with van der Waals surface area (Å²) < 4.78 is 15.9. The highest BCUT2D eigenvalue weighted by Gasteiger charge is 2.15. The van der Waals surface area contributed by atoms with Gasteiger partial charge in [-0.25, -0.2) is 4.79 Å². The molecule has 1 unspecified atom stereocenters. The SMILES string of the molecule is C=CCCOCCNC(CCCNC(=O)OC(C)(C)C)COC. The summed E-state index contributed by atoms with van der Waals surface area (Å²) in [4.78, 5) is 11.5. The van der Waals surface area contributed by atoms with Gasteiger partial charge >= 0.3 is 6.09 Å². The predicted octanol–water partition coefficient (Wildman–Crippen LogP) is 2.49. The second-order valence-corrected chi connectivity index (χ2v) is 6.37. The van der Waals surface area contributed by atoms with Crippen LogP contribution in [-0.4, -0.2) is 57.8 Å². The minimum atomic E-state index is -0.462. The maximum absolute atomic E-state index is 11.5. The first-order valence-corrected chi connectivity index (χ1v) is 8.27. The summed E-state index contributed by atoms with van der Waals surface area (Å²) in [6.45, 7) is 12.6. The Morgan fingerprint density at radius 2 is 2.00 bits per heavy atom. The monoisotopic (exact) mass is 330 g/mol. The molecule has 0 aliphatic carbocycles. The molecule has 23 heavy (non-hydrogen) atoms. The molecule has 1 atom stereocenters. The van der Waals surface area contributed by atoms with Crippen LogP contribution >= 0.6 is 0 Å². The Morgan fingerprint density at radius 1 is 1.26 bits per heavy atom. The van der Waals surface area contributed by atoms with Gasteiger partial charge < -0.3 is 24.8 Å². The van der Waals surface area contributed by atoms with Gasteiger partial charge in [-0.05, 0) is 40.0 Å². The minimum Gasteiger partial charge on any atom is -0.444 e. The number of hydrogen-bond donors (Lipinski definition) is 2. The zero-order chi connectivity index (χ0) is 17.6. The zero-order valence-corrected chi connectivity index (χ0v) is 15.2. The van der Waals surface area contributed by atoms with Gasteiger partial charge in [-0.15, -0.1) is 6.58 Å². The van der Waals surface area contributed by atoms with Crippen LogP contribution in [-0.2, 0) is 14.2 Å². The predicted molar refractivity (Wildman–Crippen MR) is 92.8 cm³/mol. The largest absolute Gasteiger partial charge is 0.444 e. The van der Waals surface area contributed by atoms with Crippen LogP contribution in [0.3, 0.4) is 0 Å². The number of ether oxygens (including phenoxy) is 3. The third-order valence-corrected chi connectivity index (χ3v) is 2.91. The smallest absolute Gasteiger partial charge is 0.407 e. The molecule has 0 radical (unpaired) electrons. The first kappa shape index (κ1) is 21.9. The maximum Gasteiger partial charge on any atom is 0.407 e. The molecule has 0 heterocycles. The lowest BCUT2D eigenvalue weighted by atomic mass is 10.1. The van der Waals surface area contributed by atoms with Crippen molar-refractivity contribution in [2.45, 2.75) is 51.7 Å². The Balaban J connectivity index is 3.74. The normalized spacial score (nSPS) is 12.7. The highest BCUT2D eigenvalue weighted by molar-refractivity contribution is 5.67. The summed E-state index contributed by atoms with van der Waals surface area (Å²) in [5.74, 6) is 0. The third-order valence-electron chi connectivity index (χ3n) is 2.91. The highest BCUT2D eigenvalue weighted by atomic mass is 16.6. The number of rotatable bonds is 13. The number of carbonyl (C=O) groups is 1. The number of methoxy groups -OCH3 is 1. The fourth-order valence-electron chi connectivity index (χ4n) is 1.90. The van der Waals surface area contributed by atoms with Crippen LogP contribution in [0, 0.1) is 0 Å². The van der Waals surface area contributed by atoms with Gasteiger partial charge in [0.25, 0.3) is 0 Å². The van der Waals surface area contributed by atoms with Crippen molar-refractivity contribution in [2.24, 2.45) is 0 Å². The maximum atomic E-state index is 11.5. The Hall–Kier alpha value is -1.11. The molecular formula is C17H34N2O4. The molecule has 0 bridgehead atoms. The van der Waals surface area contributed by atoms with Crippen LogP contribution in [0.4, 0.5) is 4.79 Å². The molecule has 0 saturated carbocycles. The molecule has 0 aliphatic rings. The Morgan fingerprint density at radius 3 is 2.61 bits per heavy atom. The Kier molecular flexibility index (Phi) is 12.7. The lowest BCUT2D eigenvalue weighted by molar-refractivity contribution is 0.0526. The third kappa shape index (κ3) is 15.6. The second-order valence-electron chi connectivity index (χ2n) is 6.37. The molecule has 2 N–H and O–H groups in total. The van der Waals surface area contributed by atoms with Crippen molar-refractivity contribution in [1.82, 2.24) is 10.6 Å². The van der Waals surface area contributed by atoms with E-state index in [0.29, 0.717) is 26.4 Å². The van der Waals surface area contributed by atoms with E-state index in [1.54, 1.807) is 7.11 Å². The molecule has 6 heteroatoms. The molecule has 136 valence electrons. The van der Waals surface area contributed by atoms with Crippen LogP contribution in [0.5, 0.6) is 0 Å². The average molecular weight is 330 g/mol. The first-order valence-electron chi connectivity index (χ1n) is 8.27. The van der Waals surface area contributed by atoms with Crippen molar-refractivity contribution >= 4 is 6.09 Å². The van der Waals surface area contributed by atoms with Gasteiger partial charge in [0.1, 0.15) is 5.60 Å². The van der Waals surface area contributed by atoms with Crippen molar-refractivity contribution in [3.8, 4) is 0 Å². The lowest BCUT2D eigenvalue weighted by Gasteiger charge is -2.20. The quantitative estimate of drug-likeness (QED) is 0.401. The van der Waals surface area contributed by atoms with Gasteiger partial charge in [0.15, 0.2) is 0 Å². The lowest BCUT2D eigenvalue weighted by Crippen LogP contribution is -2.37. The van der Waals surface area contributed by atoms with Gasteiger partial charge in [-0.1, -0.05) is 6.08 Å². The van der Waals surface area contributed by atoms with Crippen LogP contribution in [0.25, 0.3) is 0 Å². The van der Waals surface area contributed by atoms with Crippen LogP contribution < -0.4 is 10.6 Å². The molecule has 0 spiro atoms. The fourth-order valence-corrected chi connectivity index (χ4v) is 1.90. The number of nitrogens with one attached hydrogen (secondary N) is 2. The average Bonchev–Trinajstić information content (AvgIpc) is 2.45. The number of amides is 1. The summed E-state index contributed by atoms with van der Waals surface area (Å²) in [7, 11) is 1.69. The molecule has 0 rings (SSSR count). The molecule has 0 fully saturated rings. The van der Waals surface area contributed by atoms with Crippen LogP contribution in [0.1, 0.15) is 40.0 Å². The fraction of sp³-hybridized carbons (Fsp3) is 0.824. The summed E-state index contributed by atoms with van der Waals surface area (Å²) in [5.41, 5.74) is -0.462. The van der Waals surface area contributed by atoms with E-state index in [-0.39, 0.29) is 12.1 Å². The zero-order valence-electron chi connectivity index (χ0n) is 15.2. The Labute approximate surface area is 140 Å².